The molecule has 1 aromatic heterocycles. The lowest BCUT2D eigenvalue weighted by atomic mass is 10.2. The minimum atomic E-state index is 0.697. The summed E-state index contributed by atoms with van der Waals surface area (Å²) < 4.78 is 13.7. The Labute approximate surface area is 131 Å². The highest BCUT2D eigenvalue weighted by molar-refractivity contribution is 9.10. The number of ether oxygens (including phenoxy) is 2. The van der Waals surface area contributed by atoms with Gasteiger partial charge in [-0.2, -0.15) is 0 Å². The van der Waals surface area contributed by atoms with Gasteiger partial charge in [0.2, 0.25) is 0 Å². The van der Waals surface area contributed by atoms with Gasteiger partial charge in [-0.15, -0.1) is 0 Å². The molecule has 0 unspecified atom stereocenters. The quantitative estimate of drug-likeness (QED) is 0.718. The smallest absolute Gasteiger partial charge is 0.161 e. The molecule has 0 aliphatic rings. The maximum atomic E-state index is 5.36. The van der Waals surface area contributed by atoms with Gasteiger partial charge in [-0.3, -0.25) is 0 Å². The predicted octanol–water partition coefficient (Wildman–Crippen LogP) is 4.02. The first-order valence-electron chi connectivity index (χ1n) is 6.48. The van der Waals surface area contributed by atoms with Crippen molar-refractivity contribution in [3.63, 3.8) is 0 Å². The van der Waals surface area contributed by atoms with E-state index in [1.54, 1.807) is 14.2 Å². The summed E-state index contributed by atoms with van der Waals surface area (Å²) in [6.45, 7) is 0. The fourth-order valence-electron chi connectivity index (χ4n) is 2.41. The highest BCUT2D eigenvalue weighted by Gasteiger charge is 2.12. The van der Waals surface area contributed by atoms with Gasteiger partial charge in [-0.1, -0.05) is 15.9 Å². The Morgan fingerprint density at radius 2 is 1.76 bits per heavy atom. The summed E-state index contributed by atoms with van der Waals surface area (Å²) in [6.07, 6.45) is 0. The van der Waals surface area contributed by atoms with E-state index in [9.17, 15) is 0 Å². The highest BCUT2D eigenvalue weighted by atomic mass is 79.9. The lowest BCUT2D eigenvalue weighted by molar-refractivity contribution is 0.355. The van der Waals surface area contributed by atoms with Crippen LogP contribution in [-0.4, -0.2) is 23.8 Å². The molecule has 4 nitrogen and oxygen atoms in total. The number of imidazole rings is 1. The van der Waals surface area contributed by atoms with Crippen molar-refractivity contribution in [1.29, 1.82) is 0 Å². The summed E-state index contributed by atoms with van der Waals surface area (Å²) in [4.78, 5) is 4.71. The zero-order valence-electron chi connectivity index (χ0n) is 12.1. The molecule has 0 spiro atoms. The molecule has 0 N–H and O–H groups in total. The number of aryl methyl sites for hydroxylation is 1. The molecule has 0 amide bonds. The molecule has 3 aromatic rings. The molecule has 0 radical (unpaired) electrons. The Morgan fingerprint density at radius 1 is 1.00 bits per heavy atom. The zero-order valence-corrected chi connectivity index (χ0v) is 13.6. The Morgan fingerprint density at radius 3 is 2.48 bits per heavy atom. The maximum absolute atomic E-state index is 5.36. The van der Waals surface area contributed by atoms with Crippen molar-refractivity contribution in [3.8, 4) is 22.9 Å². The van der Waals surface area contributed by atoms with Crippen molar-refractivity contribution in [2.45, 2.75) is 0 Å². The molecule has 0 atom stereocenters. The van der Waals surface area contributed by atoms with Crippen LogP contribution in [0.4, 0.5) is 0 Å². The van der Waals surface area contributed by atoms with Gasteiger partial charge >= 0.3 is 0 Å². The van der Waals surface area contributed by atoms with Gasteiger partial charge in [-0.05, 0) is 36.4 Å². The number of hydrogen-bond acceptors (Lipinski definition) is 3. The van der Waals surface area contributed by atoms with E-state index in [1.807, 2.05) is 37.4 Å². The van der Waals surface area contributed by atoms with Gasteiger partial charge in [0.05, 0.1) is 25.3 Å². The number of rotatable bonds is 3. The molecule has 21 heavy (non-hydrogen) atoms. The molecule has 2 aromatic carbocycles. The summed E-state index contributed by atoms with van der Waals surface area (Å²) in [5.41, 5.74) is 3.03. The molecule has 0 bridgehead atoms. The monoisotopic (exact) mass is 346 g/mol. The number of aromatic nitrogens is 2. The molecule has 0 fully saturated rings. The van der Waals surface area contributed by atoms with Crippen LogP contribution >= 0.6 is 15.9 Å². The van der Waals surface area contributed by atoms with Gasteiger partial charge in [0.25, 0.3) is 0 Å². The van der Waals surface area contributed by atoms with E-state index in [-0.39, 0.29) is 0 Å². The molecule has 5 heteroatoms. The second-order valence-corrected chi connectivity index (χ2v) is 5.61. The molecular formula is C16H15BrN2O2. The lowest BCUT2D eigenvalue weighted by Crippen LogP contribution is -1.95. The normalized spacial score (nSPS) is 10.9. The van der Waals surface area contributed by atoms with Gasteiger partial charge in [-0.25, -0.2) is 4.98 Å². The van der Waals surface area contributed by atoms with Crippen LogP contribution in [0.3, 0.4) is 0 Å². The molecular weight excluding hydrogens is 332 g/mol. The Balaban J connectivity index is 2.18. The maximum Gasteiger partial charge on any atom is 0.161 e. The van der Waals surface area contributed by atoms with Gasteiger partial charge in [0.15, 0.2) is 11.5 Å². The zero-order chi connectivity index (χ0) is 15.0. The van der Waals surface area contributed by atoms with Crippen molar-refractivity contribution >= 4 is 27.0 Å². The van der Waals surface area contributed by atoms with E-state index in [4.69, 9.17) is 14.5 Å². The van der Waals surface area contributed by atoms with Gasteiger partial charge < -0.3 is 14.0 Å². The minimum absolute atomic E-state index is 0.697. The van der Waals surface area contributed by atoms with E-state index in [0.29, 0.717) is 11.5 Å². The molecule has 0 saturated carbocycles. The fourth-order valence-corrected chi connectivity index (χ4v) is 2.76. The number of halogens is 1. The molecule has 0 aliphatic heterocycles. The van der Waals surface area contributed by atoms with Crippen LogP contribution in [0.15, 0.2) is 40.9 Å². The van der Waals surface area contributed by atoms with Crippen LogP contribution in [0.25, 0.3) is 22.4 Å². The third-order valence-electron chi connectivity index (χ3n) is 3.48. The van der Waals surface area contributed by atoms with E-state index in [1.165, 1.54) is 0 Å². The van der Waals surface area contributed by atoms with Gasteiger partial charge in [0.1, 0.15) is 5.82 Å². The second-order valence-electron chi connectivity index (χ2n) is 4.70. The number of benzene rings is 2. The molecule has 108 valence electrons. The van der Waals surface area contributed by atoms with E-state index in [0.717, 1.165) is 26.9 Å². The van der Waals surface area contributed by atoms with Crippen molar-refractivity contribution in [1.82, 2.24) is 9.55 Å². The highest BCUT2D eigenvalue weighted by Crippen LogP contribution is 2.33. The summed E-state index contributed by atoms with van der Waals surface area (Å²) >= 11 is 3.48. The summed E-state index contributed by atoms with van der Waals surface area (Å²) in [7, 11) is 5.27. The first kappa shape index (κ1) is 13.9. The largest absolute Gasteiger partial charge is 0.493 e. The van der Waals surface area contributed by atoms with Crippen LogP contribution in [-0.2, 0) is 7.05 Å². The van der Waals surface area contributed by atoms with Crippen LogP contribution in [0.1, 0.15) is 0 Å². The Hall–Kier alpha value is -2.01. The topological polar surface area (TPSA) is 36.3 Å². The van der Waals surface area contributed by atoms with Crippen LogP contribution < -0.4 is 9.47 Å². The molecule has 1 heterocycles. The number of fused-ring (bicyclic) bond motifs is 1. The van der Waals surface area contributed by atoms with E-state index < -0.39 is 0 Å². The number of hydrogen-bond donors (Lipinski definition) is 0. The van der Waals surface area contributed by atoms with E-state index >= 15 is 0 Å². The average molecular weight is 347 g/mol. The van der Waals surface area contributed by atoms with Crippen molar-refractivity contribution in [2.75, 3.05) is 14.2 Å². The summed E-state index contributed by atoms with van der Waals surface area (Å²) in [5.74, 6) is 2.30. The Bertz CT molecular complexity index is 811. The molecule has 3 rings (SSSR count). The van der Waals surface area contributed by atoms with Crippen molar-refractivity contribution < 1.29 is 9.47 Å². The third-order valence-corrected chi connectivity index (χ3v) is 3.98. The Kier molecular flexibility index (Phi) is 3.59. The first-order valence-corrected chi connectivity index (χ1v) is 7.27. The molecule has 0 aliphatic carbocycles. The number of nitrogens with zero attached hydrogens (tertiary/aromatic N) is 2. The summed E-state index contributed by atoms with van der Waals surface area (Å²) in [6, 6.07) is 11.9. The SMILES string of the molecule is COc1ccc(-c2nc3cc(Br)ccc3n2C)cc1OC. The standard InChI is InChI=1S/C16H15BrN2O2/c1-19-13-6-5-11(17)9-12(13)18-16(19)10-4-7-14(20-2)15(8-10)21-3/h4-9H,1-3H3. The first-order chi connectivity index (χ1) is 10.1. The number of methoxy groups -OCH3 is 2. The average Bonchev–Trinajstić information content (AvgIpc) is 2.82. The second kappa shape index (κ2) is 5.41. The van der Waals surface area contributed by atoms with Crippen molar-refractivity contribution in [3.05, 3.63) is 40.9 Å². The lowest BCUT2D eigenvalue weighted by Gasteiger charge is -2.09. The van der Waals surface area contributed by atoms with Crippen LogP contribution in [0, 0.1) is 0 Å². The summed E-state index contributed by atoms with van der Waals surface area (Å²) in [5, 5.41) is 0. The molecule has 0 saturated heterocycles. The fraction of sp³-hybridized carbons (Fsp3) is 0.188. The van der Waals surface area contributed by atoms with Gasteiger partial charge in [0, 0.05) is 17.1 Å². The van der Waals surface area contributed by atoms with Crippen LogP contribution in [0.5, 0.6) is 11.5 Å². The van der Waals surface area contributed by atoms with Crippen molar-refractivity contribution in [2.24, 2.45) is 7.05 Å². The van der Waals surface area contributed by atoms with E-state index in [2.05, 4.69) is 26.6 Å². The third kappa shape index (κ3) is 2.38. The minimum Gasteiger partial charge on any atom is -0.493 e. The van der Waals surface area contributed by atoms with Crippen LogP contribution in [0.2, 0.25) is 0 Å². The predicted molar refractivity (Wildman–Crippen MR) is 87.0 cm³/mol.